The van der Waals surface area contributed by atoms with Crippen molar-refractivity contribution >= 4 is 0 Å². The summed E-state index contributed by atoms with van der Waals surface area (Å²) in [7, 11) is 0. The van der Waals surface area contributed by atoms with Gasteiger partial charge in [0.25, 0.3) is 0 Å². The van der Waals surface area contributed by atoms with Gasteiger partial charge in [0.15, 0.2) is 0 Å². The lowest BCUT2D eigenvalue weighted by molar-refractivity contribution is -0.0417. The molecule has 0 radical (unpaired) electrons. The van der Waals surface area contributed by atoms with E-state index in [0.717, 1.165) is 23.7 Å². The summed E-state index contributed by atoms with van der Waals surface area (Å²) in [5, 5.41) is 10.1. The van der Waals surface area contributed by atoms with Crippen LogP contribution in [0.3, 0.4) is 0 Å². The summed E-state index contributed by atoms with van der Waals surface area (Å²) < 4.78 is 0. The molecule has 7 atom stereocenters. The van der Waals surface area contributed by atoms with E-state index in [1.165, 1.54) is 25.7 Å². The Morgan fingerprint density at radius 3 is 2.57 bits per heavy atom. The Morgan fingerprint density at radius 1 is 0.929 bits per heavy atom. The highest BCUT2D eigenvalue weighted by atomic mass is 16.3. The molecule has 0 aromatic heterocycles. The molecule has 0 aromatic carbocycles. The lowest BCUT2D eigenvalue weighted by atomic mass is 9.50. The Kier molecular flexibility index (Phi) is 1.38. The maximum atomic E-state index is 10.1. The molecule has 1 unspecified atom stereocenters. The number of aliphatic hydroxyl groups is 1. The molecule has 14 heavy (non-hydrogen) atoms. The largest absolute Gasteiger partial charge is 0.393 e. The van der Waals surface area contributed by atoms with Crippen LogP contribution < -0.4 is 0 Å². The van der Waals surface area contributed by atoms with E-state index in [0.29, 0.717) is 11.8 Å². The molecule has 1 heteroatoms. The van der Waals surface area contributed by atoms with Crippen molar-refractivity contribution in [2.24, 2.45) is 35.5 Å². The number of hydrogen-bond acceptors (Lipinski definition) is 1. The van der Waals surface area contributed by atoms with E-state index in [1.807, 2.05) is 0 Å². The van der Waals surface area contributed by atoms with E-state index in [1.54, 1.807) is 0 Å². The number of aliphatic hydroxyl groups excluding tert-OH is 1. The van der Waals surface area contributed by atoms with Gasteiger partial charge >= 0.3 is 0 Å². The van der Waals surface area contributed by atoms with Crippen molar-refractivity contribution < 1.29 is 5.11 Å². The van der Waals surface area contributed by atoms with Gasteiger partial charge < -0.3 is 5.11 Å². The quantitative estimate of drug-likeness (QED) is 0.581. The van der Waals surface area contributed by atoms with Gasteiger partial charge in [-0.3, -0.25) is 0 Å². The van der Waals surface area contributed by atoms with Gasteiger partial charge in [0, 0.05) is 0 Å². The topological polar surface area (TPSA) is 20.2 Å². The smallest absolute Gasteiger partial charge is 0.0602 e. The van der Waals surface area contributed by atoms with Gasteiger partial charge in [-0.25, -0.2) is 0 Å². The maximum Gasteiger partial charge on any atom is 0.0602 e. The molecule has 0 heterocycles. The standard InChI is InChI=1S/C13H18O/c14-13-9-5-6-10(13)12-8-4-2-1-3-7(8)11(9)12/h1,3,7-14H,2,4-6H2/t7-,8+,9-,10+,11-,12+,13?/m1/s1. The molecule has 4 aliphatic rings. The molecule has 0 amide bonds. The second kappa shape index (κ2) is 2.44. The number of fused-ring (bicyclic) bond motifs is 8. The highest BCUT2D eigenvalue weighted by Gasteiger charge is 2.65. The molecule has 76 valence electrons. The third-order valence-electron chi connectivity index (χ3n) is 5.60. The number of rotatable bonds is 0. The summed E-state index contributed by atoms with van der Waals surface area (Å²) in [5.41, 5.74) is 0. The number of hydrogen-bond donors (Lipinski definition) is 1. The highest BCUT2D eigenvalue weighted by molar-refractivity contribution is 5.19. The molecule has 0 aromatic rings. The second-order valence-electron chi connectivity index (χ2n) is 5.80. The Labute approximate surface area is 85.2 Å². The van der Waals surface area contributed by atoms with Crippen molar-refractivity contribution in [3.05, 3.63) is 12.2 Å². The summed E-state index contributed by atoms with van der Waals surface area (Å²) in [5.74, 6) is 4.98. The summed E-state index contributed by atoms with van der Waals surface area (Å²) in [4.78, 5) is 0. The summed E-state index contributed by atoms with van der Waals surface area (Å²) >= 11 is 0. The van der Waals surface area contributed by atoms with Crippen LogP contribution in [0, 0.1) is 35.5 Å². The van der Waals surface area contributed by atoms with Crippen LogP contribution in [-0.2, 0) is 0 Å². The summed E-state index contributed by atoms with van der Waals surface area (Å²) in [6.45, 7) is 0. The minimum absolute atomic E-state index is 0.0731. The monoisotopic (exact) mass is 190 g/mol. The SMILES string of the molecule is OC1[C@H]2CC[C@@H]1[C@H]1[C@@H]3C=CCC[C@@H]3[C@H]12. The van der Waals surface area contributed by atoms with Crippen LogP contribution >= 0.6 is 0 Å². The molecule has 0 spiro atoms. The van der Waals surface area contributed by atoms with Gasteiger partial charge in [-0.15, -0.1) is 0 Å². The fraction of sp³-hybridized carbons (Fsp3) is 0.846. The van der Waals surface area contributed by atoms with E-state index < -0.39 is 0 Å². The van der Waals surface area contributed by atoms with Crippen LogP contribution in [-0.4, -0.2) is 11.2 Å². The zero-order valence-corrected chi connectivity index (χ0v) is 8.47. The third-order valence-corrected chi connectivity index (χ3v) is 5.60. The first kappa shape index (κ1) is 7.92. The third kappa shape index (κ3) is 0.701. The van der Waals surface area contributed by atoms with E-state index in [4.69, 9.17) is 0 Å². The Morgan fingerprint density at radius 2 is 1.71 bits per heavy atom. The van der Waals surface area contributed by atoms with Gasteiger partial charge in [0.2, 0.25) is 0 Å². The van der Waals surface area contributed by atoms with Gasteiger partial charge in [-0.2, -0.15) is 0 Å². The molecule has 0 saturated heterocycles. The predicted octanol–water partition coefficient (Wildman–Crippen LogP) is 2.22. The van der Waals surface area contributed by atoms with Crippen LogP contribution in [0.25, 0.3) is 0 Å². The second-order valence-corrected chi connectivity index (χ2v) is 5.80. The molecule has 3 fully saturated rings. The van der Waals surface area contributed by atoms with Gasteiger partial charge in [-0.05, 0) is 61.2 Å². The summed E-state index contributed by atoms with van der Waals surface area (Å²) in [6, 6.07) is 0. The average Bonchev–Trinajstić information content (AvgIpc) is 2.65. The zero-order chi connectivity index (χ0) is 9.28. The zero-order valence-electron chi connectivity index (χ0n) is 8.47. The average molecular weight is 190 g/mol. The van der Waals surface area contributed by atoms with E-state index in [-0.39, 0.29) is 6.10 Å². The molecule has 1 N–H and O–H groups in total. The van der Waals surface area contributed by atoms with Crippen molar-refractivity contribution in [3.8, 4) is 0 Å². The predicted molar refractivity (Wildman–Crippen MR) is 54.6 cm³/mol. The first-order chi connectivity index (χ1) is 6.88. The van der Waals surface area contributed by atoms with E-state index in [9.17, 15) is 5.11 Å². The van der Waals surface area contributed by atoms with Crippen LogP contribution in [0.4, 0.5) is 0 Å². The highest BCUT2D eigenvalue weighted by Crippen LogP contribution is 2.68. The molecule has 1 nitrogen and oxygen atoms in total. The van der Waals surface area contributed by atoms with Crippen LogP contribution in [0.5, 0.6) is 0 Å². The van der Waals surface area contributed by atoms with Crippen molar-refractivity contribution in [2.75, 3.05) is 0 Å². The molecule has 4 aliphatic carbocycles. The first-order valence-electron chi connectivity index (χ1n) is 6.22. The maximum absolute atomic E-state index is 10.1. The van der Waals surface area contributed by atoms with Crippen LogP contribution in [0.15, 0.2) is 12.2 Å². The van der Waals surface area contributed by atoms with Crippen LogP contribution in [0.1, 0.15) is 25.7 Å². The minimum atomic E-state index is 0.0731. The summed E-state index contributed by atoms with van der Waals surface area (Å²) in [6.07, 6.45) is 10.2. The Bertz CT molecular complexity index is 296. The molecule has 2 bridgehead atoms. The molecular formula is C13H18O. The minimum Gasteiger partial charge on any atom is -0.393 e. The fourth-order valence-electron chi connectivity index (χ4n) is 5.19. The van der Waals surface area contributed by atoms with Crippen molar-refractivity contribution in [3.63, 3.8) is 0 Å². The Balaban J connectivity index is 1.71. The molecule has 3 saturated carbocycles. The lowest BCUT2D eigenvalue weighted by Crippen LogP contribution is -2.49. The molecule has 0 aliphatic heterocycles. The van der Waals surface area contributed by atoms with Gasteiger partial charge in [0.05, 0.1) is 6.10 Å². The first-order valence-corrected chi connectivity index (χ1v) is 6.22. The van der Waals surface area contributed by atoms with E-state index >= 15 is 0 Å². The van der Waals surface area contributed by atoms with Crippen molar-refractivity contribution in [1.82, 2.24) is 0 Å². The van der Waals surface area contributed by atoms with Gasteiger partial charge in [0.1, 0.15) is 0 Å². The van der Waals surface area contributed by atoms with E-state index in [2.05, 4.69) is 12.2 Å². The fourth-order valence-corrected chi connectivity index (χ4v) is 5.19. The van der Waals surface area contributed by atoms with Crippen LogP contribution in [0.2, 0.25) is 0 Å². The van der Waals surface area contributed by atoms with Crippen molar-refractivity contribution in [1.29, 1.82) is 0 Å². The van der Waals surface area contributed by atoms with Gasteiger partial charge in [-0.1, -0.05) is 12.2 Å². The molecular weight excluding hydrogens is 172 g/mol. The molecule has 4 rings (SSSR count). The number of allylic oxidation sites excluding steroid dienone is 2. The Hall–Kier alpha value is -0.300. The lowest BCUT2D eigenvalue weighted by Gasteiger charge is -2.54. The normalized spacial score (nSPS) is 63.4. The van der Waals surface area contributed by atoms with Crippen molar-refractivity contribution in [2.45, 2.75) is 31.8 Å².